The van der Waals surface area contributed by atoms with E-state index in [1.54, 1.807) is 6.07 Å². The van der Waals surface area contributed by atoms with E-state index in [9.17, 15) is 13.6 Å². The molecule has 0 radical (unpaired) electrons. The highest BCUT2D eigenvalue weighted by atomic mass is 35.5. The Hall–Kier alpha value is -2.68. The van der Waals surface area contributed by atoms with Crippen LogP contribution in [0.1, 0.15) is 47.7 Å². The largest absolute Gasteiger partial charge is 0.381 e. The fourth-order valence-electron chi connectivity index (χ4n) is 6.34. The lowest BCUT2D eigenvalue weighted by Crippen LogP contribution is -2.32. The first-order chi connectivity index (χ1) is 18.4. The van der Waals surface area contributed by atoms with Gasteiger partial charge in [-0.1, -0.05) is 17.7 Å². The van der Waals surface area contributed by atoms with Crippen LogP contribution in [0.2, 0.25) is 5.02 Å². The normalized spacial score (nSPS) is 23.0. The second-order valence-electron chi connectivity index (χ2n) is 10.9. The zero-order valence-corrected chi connectivity index (χ0v) is 22.1. The molecule has 2 atom stereocenters. The van der Waals surface area contributed by atoms with Gasteiger partial charge >= 0.3 is 0 Å². The number of likely N-dealkylation sites (tertiary alicyclic amines) is 2. The molecule has 3 saturated heterocycles. The second kappa shape index (κ2) is 10.8. The van der Waals surface area contributed by atoms with Gasteiger partial charge < -0.3 is 24.8 Å². The minimum Gasteiger partial charge on any atom is -0.381 e. The van der Waals surface area contributed by atoms with Crippen molar-refractivity contribution in [2.45, 2.75) is 37.6 Å². The average Bonchev–Trinajstić information content (AvgIpc) is 3.65. The highest BCUT2D eigenvalue weighted by molar-refractivity contribution is 6.32. The first-order valence-electron chi connectivity index (χ1n) is 13.6. The molecular formula is C29H33ClF2N4O2. The number of nitrogens with one attached hydrogen (secondary N) is 2. The van der Waals surface area contributed by atoms with Gasteiger partial charge in [-0.25, -0.2) is 8.78 Å². The van der Waals surface area contributed by atoms with Crippen molar-refractivity contribution in [3.63, 3.8) is 0 Å². The molecule has 0 spiro atoms. The zero-order chi connectivity index (χ0) is 26.2. The molecule has 1 aromatic heterocycles. The Balaban J connectivity index is 1.26. The molecular weight excluding hydrogens is 510 g/mol. The van der Waals surface area contributed by atoms with E-state index in [0.29, 0.717) is 29.4 Å². The Morgan fingerprint density at radius 3 is 2.63 bits per heavy atom. The SMILES string of the molecule is O=C(c1cc2cc(Cl)cc(NC3CCOCC3)c2[nH]1)N1CC(CN2CCCC2)[C@H](c2ccc(F)cc2F)C1. The molecule has 3 aromatic rings. The molecule has 6 nitrogen and oxygen atoms in total. The predicted octanol–water partition coefficient (Wildman–Crippen LogP) is 5.64. The van der Waals surface area contributed by atoms with Gasteiger partial charge in [0.2, 0.25) is 0 Å². The van der Waals surface area contributed by atoms with Crippen molar-refractivity contribution >= 4 is 34.1 Å². The van der Waals surface area contributed by atoms with E-state index in [4.69, 9.17) is 16.3 Å². The summed E-state index contributed by atoms with van der Waals surface area (Å²) in [5.74, 6) is -1.37. The number of nitrogens with zero attached hydrogens (tertiary/aromatic N) is 2. The summed E-state index contributed by atoms with van der Waals surface area (Å²) in [6, 6.07) is 9.67. The number of aromatic amines is 1. The molecule has 0 bridgehead atoms. The Morgan fingerprint density at radius 2 is 1.87 bits per heavy atom. The van der Waals surface area contributed by atoms with Gasteiger partial charge in [-0.2, -0.15) is 0 Å². The molecule has 202 valence electrons. The highest BCUT2D eigenvalue weighted by Gasteiger charge is 2.39. The van der Waals surface area contributed by atoms with Crippen LogP contribution in [0.5, 0.6) is 0 Å². The lowest BCUT2D eigenvalue weighted by atomic mass is 9.88. The molecule has 0 saturated carbocycles. The third kappa shape index (κ3) is 5.26. The van der Waals surface area contributed by atoms with E-state index in [2.05, 4.69) is 15.2 Å². The number of H-pyrrole nitrogens is 1. The summed E-state index contributed by atoms with van der Waals surface area (Å²) in [4.78, 5) is 21.3. The quantitative estimate of drug-likeness (QED) is 0.423. The Bertz CT molecular complexity index is 1320. The summed E-state index contributed by atoms with van der Waals surface area (Å²) >= 11 is 6.43. The number of rotatable bonds is 6. The number of benzene rings is 2. The predicted molar refractivity (Wildman–Crippen MR) is 145 cm³/mol. The van der Waals surface area contributed by atoms with Gasteiger partial charge in [0.15, 0.2) is 0 Å². The molecule has 6 rings (SSSR count). The molecule has 1 unspecified atom stereocenters. The summed E-state index contributed by atoms with van der Waals surface area (Å²) in [7, 11) is 0. The van der Waals surface area contributed by atoms with Gasteiger partial charge in [-0.3, -0.25) is 4.79 Å². The van der Waals surface area contributed by atoms with E-state index in [0.717, 1.165) is 81.2 Å². The number of halogens is 3. The first-order valence-corrected chi connectivity index (χ1v) is 14.0. The van der Waals surface area contributed by atoms with Crippen LogP contribution >= 0.6 is 11.6 Å². The standard InChI is InChI=1S/C29H33ClF2N4O2/c30-20-11-18-12-27(34-28(18)26(13-20)33-22-5-9-38-10-6-22)29(37)36-16-19(15-35-7-1-2-8-35)24(17-36)23-4-3-21(31)14-25(23)32/h3-4,11-14,19,22,24,33-34H,1-2,5-10,15-17H2/t19?,24-/m1/s1. The fraction of sp³-hybridized carbons (Fsp3) is 0.483. The number of hydrogen-bond donors (Lipinski definition) is 2. The Morgan fingerprint density at radius 1 is 1.08 bits per heavy atom. The van der Waals surface area contributed by atoms with Crippen LogP contribution in [0.3, 0.4) is 0 Å². The summed E-state index contributed by atoms with van der Waals surface area (Å²) in [6.45, 7) is 5.21. The number of ether oxygens (including phenoxy) is 1. The molecule has 2 aromatic carbocycles. The number of fused-ring (bicyclic) bond motifs is 1. The molecule has 38 heavy (non-hydrogen) atoms. The van der Waals surface area contributed by atoms with E-state index >= 15 is 0 Å². The average molecular weight is 543 g/mol. The molecule has 2 N–H and O–H groups in total. The summed E-state index contributed by atoms with van der Waals surface area (Å²) < 4.78 is 34.0. The van der Waals surface area contributed by atoms with Gasteiger partial charge in [0.25, 0.3) is 5.91 Å². The molecule has 9 heteroatoms. The van der Waals surface area contributed by atoms with Crippen LogP contribution in [0.15, 0.2) is 36.4 Å². The zero-order valence-electron chi connectivity index (χ0n) is 21.3. The number of aromatic nitrogens is 1. The van der Waals surface area contributed by atoms with Crippen molar-refractivity contribution in [2.24, 2.45) is 5.92 Å². The lowest BCUT2D eigenvalue weighted by molar-refractivity contribution is 0.0778. The van der Waals surface area contributed by atoms with Crippen molar-refractivity contribution in [3.05, 3.63) is 64.3 Å². The van der Waals surface area contributed by atoms with Crippen LogP contribution in [0.25, 0.3) is 10.9 Å². The first kappa shape index (κ1) is 25.6. The molecule has 3 aliphatic heterocycles. The van der Waals surface area contributed by atoms with Gasteiger partial charge in [0.1, 0.15) is 17.3 Å². The Kier molecular flexibility index (Phi) is 7.29. The van der Waals surface area contributed by atoms with E-state index in [-0.39, 0.29) is 23.8 Å². The molecule has 3 aliphatic rings. The maximum Gasteiger partial charge on any atom is 0.270 e. The third-order valence-corrected chi connectivity index (χ3v) is 8.50. The molecule has 3 fully saturated rings. The fourth-order valence-corrected chi connectivity index (χ4v) is 6.57. The smallest absolute Gasteiger partial charge is 0.270 e. The van der Waals surface area contributed by atoms with Crippen molar-refractivity contribution in [2.75, 3.05) is 51.3 Å². The number of carbonyl (C=O) groups is 1. The number of carbonyl (C=O) groups excluding carboxylic acids is 1. The molecule has 1 amide bonds. The van der Waals surface area contributed by atoms with Crippen molar-refractivity contribution < 1.29 is 18.3 Å². The highest BCUT2D eigenvalue weighted by Crippen LogP contribution is 2.37. The van der Waals surface area contributed by atoms with E-state index in [1.165, 1.54) is 6.07 Å². The minimum absolute atomic E-state index is 0.0709. The maximum atomic E-state index is 14.9. The second-order valence-corrected chi connectivity index (χ2v) is 11.3. The summed E-state index contributed by atoms with van der Waals surface area (Å²) in [5.41, 5.74) is 2.69. The van der Waals surface area contributed by atoms with Gasteiger partial charge in [-0.15, -0.1) is 0 Å². The van der Waals surface area contributed by atoms with Crippen LogP contribution in [0.4, 0.5) is 14.5 Å². The van der Waals surface area contributed by atoms with Crippen molar-refractivity contribution in [1.29, 1.82) is 0 Å². The minimum atomic E-state index is -0.588. The summed E-state index contributed by atoms with van der Waals surface area (Å²) in [5, 5.41) is 5.04. The Labute approximate surface area is 226 Å². The van der Waals surface area contributed by atoms with Crippen molar-refractivity contribution in [1.82, 2.24) is 14.8 Å². The monoisotopic (exact) mass is 542 g/mol. The number of amides is 1. The van der Waals surface area contributed by atoms with Gasteiger partial charge in [0, 0.05) is 61.3 Å². The van der Waals surface area contributed by atoms with Crippen LogP contribution in [-0.4, -0.2) is 72.7 Å². The number of anilines is 1. The lowest BCUT2D eigenvalue weighted by Gasteiger charge is -2.24. The summed E-state index contributed by atoms with van der Waals surface area (Å²) in [6.07, 6.45) is 4.14. The van der Waals surface area contributed by atoms with Gasteiger partial charge in [-0.05, 0) is 74.5 Å². The topological polar surface area (TPSA) is 60.6 Å². The van der Waals surface area contributed by atoms with Crippen molar-refractivity contribution in [3.8, 4) is 0 Å². The van der Waals surface area contributed by atoms with Crippen LogP contribution < -0.4 is 5.32 Å². The van der Waals surface area contributed by atoms with Crippen LogP contribution in [-0.2, 0) is 4.74 Å². The van der Waals surface area contributed by atoms with E-state index in [1.807, 2.05) is 23.1 Å². The van der Waals surface area contributed by atoms with E-state index < -0.39 is 11.6 Å². The molecule has 4 heterocycles. The molecule has 0 aliphatic carbocycles. The number of hydrogen-bond acceptors (Lipinski definition) is 4. The van der Waals surface area contributed by atoms with Gasteiger partial charge in [0.05, 0.1) is 11.2 Å². The third-order valence-electron chi connectivity index (χ3n) is 8.29. The van der Waals surface area contributed by atoms with Crippen LogP contribution in [0, 0.1) is 17.6 Å². The maximum absolute atomic E-state index is 14.9.